The highest BCUT2D eigenvalue weighted by Crippen LogP contribution is 2.34. The summed E-state index contributed by atoms with van der Waals surface area (Å²) in [7, 11) is -3.65. The van der Waals surface area contributed by atoms with Crippen molar-refractivity contribution in [3.05, 3.63) is 78.5 Å². The molecule has 0 aliphatic rings. The molecular formula is C30H27FN8O3S. The topological polar surface area (TPSA) is 172 Å². The number of amides is 1. The fourth-order valence-electron chi connectivity index (χ4n) is 4.75. The fourth-order valence-corrected chi connectivity index (χ4v) is 5.38. The van der Waals surface area contributed by atoms with Gasteiger partial charge in [-0.3, -0.25) is 19.9 Å². The quantitative estimate of drug-likeness (QED) is 0.199. The lowest BCUT2D eigenvalue weighted by atomic mass is 10.0. The summed E-state index contributed by atoms with van der Waals surface area (Å²) in [6, 6.07) is 13.1. The first-order chi connectivity index (χ1) is 20.5. The minimum absolute atomic E-state index is 0.111. The number of pyridine rings is 3. The number of nitrogens with zero attached hydrogens (tertiary/aromatic N) is 4. The largest absolute Gasteiger partial charge is 0.353 e. The lowest BCUT2D eigenvalue weighted by Gasteiger charge is -2.12. The highest BCUT2D eigenvalue weighted by molar-refractivity contribution is 7.90. The van der Waals surface area contributed by atoms with Crippen LogP contribution in [0.15, 0.2) is 67.1 Å². The summed E-state index contributed by atoms with van der Waals surface area (Å²) in [4.78, 5) is 29.1. The predicted molar refractivity (Wildman–Crippen MR) is 163 cm³/mol. The number of sulfone groups is 1. The van der Waals surface area contributed by atoms with Gasteiger partial charge in [0, 0.05) is 46.6 Å². The number of halogens is 1. The van der Waals surface area contributed by atoms with Crippen molar-refractivity contribution in [2.45, 2.75) is 19.2 Å². The molecule has 11 nitrogen and oxygen atoms in total. The van der Waals surface area contributed by atoms with Crippen LogP contribution in [0.1, 0.15) is 24.8 Å². The van der Waals surface area contributed by atoms with E-state index in [1.165, 1.54) is 12.1 Å². The van der Waals surface area contributed by atoms with Gasteiger partial charge in [0.05, 0.1) is 34.5 Å². The van der Waals surface area contributed by atoms with Crippen molar-refractivity contribution in [3.8, 4) is 33.9 Å². The van der Waals surface area contributed by atoms with E-state index >= 15 is 0 Å². The third-order valence-corrected chi connectivity index (χ3v) is 8.21. The van der Waals surface area contributed by atoms with E-state index in [2.05, 4.69) is 30.5 Å². The summed E-state index contributed by atoms with van der Waals surface area (Å²) >= 11 is 0. The zero-order valence-electron chi connectivity index (χ0n) is 23.4. The Kier molecular flexibility index (Phi) is 6.98. The van der Waals surface area contributed by atoms with Gasteiger partial charge in [0.1, 0.15) is 22.4 Å². The van der Waals surface area contributed by atoms with Gasteiger partial charge in [-0.05, 0) is 54.1 Å². The van der Waals surface area contributed by atoms with Crippen molar-refractivity contribution >= 4 is 43.4 Å². The van der Waals surface area contributed by atoms with Crippen LogP contribution in [0.25, 0.3) is 55.8 Å². The summed E-state index contributed by atoms with van der Waals surface area (Å²) < 4.78 is 38.7. The SMILES string of the molecule is CC(C)C(=O)Nc1cncc(-c2ccc3[nH]nc(-c4cc5c(-c6cc(F)cc(C(N)S(C)(=O)=O)c6)nccc5[nH]4)c3n2)c1. The van der Waals surface area contributed by atoms with Gasteiger partial charge < -0.3 is 16.0 Å². The first kappa shape index (κ1) is 28.1. The molecule has 6 rings (SSSR count). The third kappa shape index (κ3) is 5.47. The van der Waals surface area contributed by atoms with Crippen molar-refractivity contribution in [2.75, 3.05) is 11.6 Å². The Morgan fingerprint density at radius 2 is 1.81 bits per heavy atom. The van der Waals surface area contributed by atoms with E-state index in [-0.39, 0.29) is 17.4 Å². The highest BCUT2D eigenvalue weighted by atomic mass is 32.2. The van der Waals surface area contributed by atoms with Crippen LogP contribution in [-0.2, 0) is 14.6 Å². The number of anilines is 1. The summed E-state index contributed by atoms with van der Waals surface area (Å²) in [6.07, 6.45) is 5.84. The van der Waals surface area contributed by atoms with Gasteiger partial charge in [-0.15, -0.1) is 0 Å². The molecule has 0 fully saturated rings. The summed E-state index contributed by atoms with van der Waals surface area (Å²) in [5, 5.41) is 9.66. The molecule has 6 aromatic rings. The van der Waals surface area contributed by atoms with E-state index in [1.807, 2.05) is 38.1 Å². The second-order valence-electron chi connectivity index (χ2n) is 10.6. The Morgan fingerprint density at radius 3 is 2.58 bits per heavy atom. The number of H-pyrrole nitrogens is 2. The zero-order chi connectivity index (χ0) is 30.5. The first-order valence-corrected chi connectivity index (χ1v) is 15.3. The number of fused-ring (bicyclic) bond motifs is 2. The van der Waals surface area contributed by atoms with Crippen LogP contribution < -0.4 is 11.1 Å². The molecule has 13 heteroatoms. The average Bonchev–Trinajstić information content (AvgIpc) is 3.59. The molecule has 43 heavy (non-hydrogen) atoms. The molecule has 0 radical (unpaired) electrons. The third-order valence-electron chi connectivity index (χ3n) is 7.02. The van der Waals surface area contributed by atoms with Crippen molar-refractivity contribution in [1.82, 2.24) is 30.1 Å². The summed E-state index contributed by atoms with van der Waals surface area (Å²) in [5.74, 6) is -0.912. The number of rotatable bonds is 7. The smallest absolute Gasteiger partial charge is 0.226 e. The number of aromatic nitrogens is 6. The lowest BCUT2D eigenvalue weighted by Crippen LogP contribution is -2.20. The standard InChI is InChI=1S/C30H27FN8O3S/c1-15(2)30(40)35-20-11-18(13-33-14-20)22-4-5-24-27(37-22)28(39-38-24)25-12-21-23(36-25)6-7-34-26(21)16-8-17(10-19(31)9-16)29(32)43(3,41)42/h4-15,29,36H,32H2,1-3H3,(H,35,40)(H,38,39). The maximum Gasteiger partial charge on any atom is 0.226 e. The van der Waals surface area contributed by atoms with Crippen LogP contribution in [0.2, 0.25) is 0 Å². The molecular weight excluding hydrogens is 571 g/mol. The Hall–Kier alpha value is -5.01. The summed E-state index contributed by atoms with van der Waals surface area (Å²) in [5.41, 5.74) is 12.0. The Labute approximate surface area is 245 Å². The van der Waals surface area contributed by atoms with Crippen molar-refractivity contribution in [2.24, 2.45) is 11.7 Å². The minimum Gasteiger partial charge on any atom is -0.353 e. The maximum atomic E-state index is 14.6. The number of hydrogen-bond acceptors (Lipinski definition) is 8. The lowest BCUT2D eigenvalue weighted by molar-refractivity contribution is -0.118. The van der Waals surface area contributed by atoms with E-state index in [9.17, 15) is 17.6 Å². The summed E-state index contributed by atoms with van der Waals surface area (Å²) in [6.45, 7) is 3.63. The number of aromatic amines is 2. The normalized spacial score (nSPS) is 12.7. The highest BCUT2D eigenvalue weighted by Gasteiger charge is 2.21. The van der Waals surface area contributed by atoms with E-state index in [0.717, 1.165) is 12.3 Å². The zero-order valence-corrected chi connectivity index (χ0v) is 24.2. The number of hydrogen-bond donors (Lipinski definition) is 4. The van der Waals surface area contributed by atoms with Gasteiger partial charge in [0.15, 0.2) is 9.84 Å². The molecule has 1 unspecified atom stereocenters. The Balaban J connectivity index is 1.41. The van der Waals surface area contributed by atoms with Gasteiger partial charge in [0.2, 0.25) is 5.91 Å². The van der Waals surface area contributed by atoms with Crippen LogP contribution in [0.3, 0.4) is 0 Å². The predicted octanol–water partition coefficient (Wildman–Crippen LogP) is 4.97. The molecule has 218 valence electrons. The van der Waals surface area contributed by atoms with Gasteiger partial charge in [-0.25, -0.2) is 17.8 Å². The first-order valence-electron chi connectivity index (χ1n) is 13.3. The molecule has 1 amide bonds. The van der Waals surface area contributed by atoms with Crippen molar-refractivity contribution in [1.29, 1.82) is 0 Å². The van der Waals surface area contributed by atoms with E-state index in [0.29, 0.717) is 61.5 Å². The van der Waals surface area contributed by atoms with Gasteiger partial charge in [-0.2, -0.15) is 5.10 Å². The molecule has 0 aliphatic carbocycles. The number of nitrogens with two attached hydrogens (primary N) is 1. The van der Waals surface area contributed by atoms with Crippen molar-refractivity contribution in [3.63, 3.8) is 0 Å². The van der Waals surface area contributed by atoms with Crippen molar-refractivity contribution < 1.29 is 17.6 Å². The molecule has 0 saturated carbocycles. The number of carbonyl (C=O) groups is 1. The number of carbonyl (C=O) groups excluding carboxylic acids is 1. The van der Waals surface area contributed by atoms with Crippen LogP contribution in [0.4, 0.5) is 10.1 Å². The van der Waals surface area contributed by atoms with Crippen LogP contribution in [0.5, 0.6) is 0 Å². The fraction of sp³-hybridized carbons (Fsp3) is 0.167. The molecule has 0 spiro atoms. The van der Waals surface area contributed by atoms with Crippen LogP contribution in [-0.4, -0.2) is 50.7 Å². The van der Waals surface area contributed by atoms with E-state index in [1.54, 1.807) is 24.7 Å². The monoisotopic (exact) mass is 598 g/mol. The molecule has 5 N–H and O–H groups in total. The maximum absolute atomic E-state index is 14.6. The molecule has 1 aromatic carbocycles. The minimum atomic E-state index is -3.65. The number of benzene rings is 1. The molecule has 1 atom stereocenters. The van der Waals surface area contributed by atoms with Crippen LogP contribution >= 0.6 is 0 Å². The van der Waals surface area contributed by atoms with Crippen LogP contribution in [0, 0.1) is 11.7 Å². The van der Waals surface area contributed by atoms with Gasteiger partial charge in [-0.1, -0.05) is 13.8 Å². The average molecular weight is 599 g/mol. The molecule has 5 aromatic heterocycles. The Morgan fingerprint density at radius 1 is 1.00 bits per heavy atom. The molecule has 0 bridgehead atoms. The molecule has 5 heterocycles. The van der Waals surface area contributed by atoms with Gasteiger partial charge >= 0.3 is 0 Å². The Bertz CT molecular complexity index is 2140. The molecule has 0 saturated heterocycles. The van der Waals surface area contributed by atoms with E-state index in [4.69, 9.17) is 10.7 Å². The molecule has 0 aliphatic heterocycles. The van der Waals surface area contributed by atoms with Gasteiger partial charge in [0.25, 0.3) is 0 Å². The second kappa shape index (κ2) is 10.7. The number of nitrogens with one attached hydrogen (secondary N) is 3. The second-order valence-corrected chi connectivity index (χ2v) is 12.8. The van der Waals surface area contributed by atoms with E-state index < -0.39 is 21.0 Å².